The molecule has 0 radical (unpaired) electrons. The van der Waals surface area contributed by atoms with Crippen LogP contribution in [0, 0.1) is 11.3 Å². The minimum Gasteiger partial charge on any atom is -0.469 e. The Balaban J connectivity index is 4.22. The van der Waals surface area contributed by atoms with E-state index in [1.54, 1.807) is 34.7 Å². The van der Waals surface area contributed by atoms with Gasteiger partial charge in [0.05, 0.1) is 19.6 Å². The predicted octanol–water partition coefficient (Wildman–Crippen LogP) is 0.416. The Labute approximate surface area is 114 Å². The standard InChI is InChI=1S/C13H24N2O4/c1-9(11(17)19-6)8-15(5)10(16)7-14-12(18)13(2,3)4/h9H,7-8H2,1-6H3,(H,14,18). The number of hydrogen-bond acceptors (Lipinski definition) is 4. The maximum absolute atomic E-state index is 11.8. The van der Waals surface area contributed by atoms with Crippen LogP contribution >= 0.6 is 0 Å². The summed E-state index contributed by atoms with van der Waals surface area (Å²) < 4.78 is 4.59. The number of hydrogen-bond donors (Lipinski definition) is 1. The summed E-state index contributed by atoms with van der Waals surface area (Å²) in [6.45, 7) is 7.20. The minimum absolute atomic E-state index is 0.0690. The summed E-state index contributed by atoms with van der Waals surface area (Å²) in [5.74, 6) is -1.18. The molecule has 0 aliphatic heterocycles. The van der Waals surface area contributed by atoms with Gasteiger partial charge < -0.3 is 15.0 Å². The summed E-state index contributed by atoms with van der Waals surface area (Å²) in [6.07, 6.45) is 0. The Kier molecular flexibility index (Phi) is 6.52. The quantitative estimate of drug-likeness (QED) is 0.736. The maximum atomic E-state index is 11.8. The van der Waals surface area contributed by atoms with Crippen molar-refractivity contribution >= 4 is 17.8 Å². The summed E-state index contributed by atoms with van der Waals surface area (Å²) in [5.41, 5.74) is -0.530. The highest BCUT2D eigenvalue weighted by molar-refractivity contribution is 5.87. The Bertz CT molecular complexity index is 347. The van der Waals surface area contributed by atoms with Gasteiger partial charge in [-0.15, -0.1) is 0 Å². The maximum Gasteiger partial charge on any atom is 0.310 e. The second-order valence-electron chi connectivity index (χ2n) is 5.63. The monoisotopic (exact) mass is 272 g/mol. The predicted molar refractivity (Wildman–Crippen MR) is 71.3 cm³/mol. The molecule has 0 spiro atoms. The molecule has 19 heavy (non-hydrogen) atoms. The third-order valence-electron chi connectivity index (χ3n) is 2.66. The zero-order valence-electron chi connectivity index (χ0n) is 12.6. The van der Waals surface area contributed by atoms with Crippen molar-refractivity contribution in [2.75, 3.05) is 27.2 Å². The van der Waals surface area contributed by atoms with E-state index in [2.05, 4.69) is 10.1 Å². The molecule has 0 saturated carbocycles. The lowest BCUT2D eigenvalue weighted by molar-refractivity contribution is -0.146. The third-order valence-corrected chi connectivity index (χ3v) is 2.66. The number of amides is 2. The van der Waals surface area contributed by atoms with Gasteiger partial charge in [-0.2, -0.15) is 0 Å². The summed E-state index contributed by atoms with van der Waals surface area (Å²) in [7, 11) is 2.90. The van der Waals surface area contributed by atoms with Gasteiger partial charge in [0, 0.05) is 19.0 Å². The number of nitrogens with one attached hydrogen (secondary N) is 1. The summed E-state index contributed by atoms with van der Waals surface area (Å²) in [4.78, 5) is 36.0. The van der Waals surface area contributed by atoms with Gasteiger partial charge in [-0.05, 0) is 0 Å². The number of likely N-dealkylation sites (N-methyl/N-ethyl adjacent to an activating group) is 1. The van der Waals surface area contributed by atoms with Crippen LogP contribution in [0.5, 0.6) is 0 Å². The van der Waals surface area contributed by atoms with Crippen molar-refractivity contribution in [1.29, 1.82) is 0 Å². The number of methoxy groups -OCH3 is 1. The molecule has 0 fully saturated rings. The summed E-state index contributed by atoms with van der Waals surface area (Å²) in [5, 5.41) is 2.57. The molecule has 0 saturated heterocycles. The highest BCUT2D eigenvalue weighted by atomic mass is 16.5. The molecule has 2 amide bonds. The van der Waals surface area contributed by atoms with E-state index in [1.165, 1.54) is 12.0 Å². The average molecular weight is 272 g/mol. The van der Waals surface area contributed by atoms with E-state index in [-0.39, 0.29) is 30.9 Å². The molecule has 1 N–H and O–H groups in total. The Morgan fingerprint density at radius 2 is 1.79 bits per heavy atom. The highest BCUT2D eigenvalue weighted by Gasteiger charge is 2.23. The van der Waals surface area contributed by atoms with Crippen LogP contribution in [0.1, 0.15) is 27.7 Å². The fourth-order valence-electron chi connectivity index (χ4n) is 1.34. The minimum atomic E-state index is -0.530. The van der Waals surface area contributed by atoms with Crippen molar-refractivity contribution in [2.24, 2.45) is 11.3 Å². The van der Waals surface area contributed by atoms with Crippen LogP contribution in [-0.4, -0.2) is 49.9 Å². The second kappa shape index (κ2) is 7.11. The second-order valence-corrected chi connectivity index (χ2v) is 5.63. The van der Waals surface area contributed by atoms with Crippen molar-refractivity contribution in [3.05, 3.63) is 0 Å². The van der Waals surface area contributed by atoms with Gasteiger partial charge in [0.1, 0.15) is 0 Å². The van der Waals surface area contributed by atoms with Gasteiger partial charge in [0.25, 0.3) is 0 Å². The number of carbonyl (C=O) groups is 3. The molecule has 0 aromatic heterocycles. The van der Waals surface area contributed by atoms with Crippen LogP contribution in [-0.2, 0) is 19.1 Å². The van der Waals surface area contributed by atoms with E-state index in [1.807, 2.05) is 0 Å². The van der Waals surface area contributed by atoms with Gasteiger partial charge in [-0.25, -0.2) is 0 Å². The first-order valence-electron chi connectivity index (χ1n) is 6.19. The summed E-state index contributed by atoms with van der Waals surface area (Å²) in [6, 6.07) is 0. The topological polar surface area (TPSA) is 75.7 Å². The van der Waals surface area contributed by atoms with Gasteiger partial charge in [0.2, 0.25) is 11.8 Å². The molecule has 0 rings (SSSR count). The average Bonchev–Trinajstić information content (AvgIpc) is 2.32. The van der Waals surface area contributed by atoms with Gasteiger partial charge in [-0.1, -0.05) is 27.7 Å². The zero-order valence-corrected chi connectivity index (χ0v) is 12.6. The number of esters is 1. The first kappa shape index (κ1) is 17.4. The molecule has 0 aromatic carbocycles. The molecule has 6 heteroatoms. The SMILES string of the molecule is COC(=O)C(C)CN(C)C(=O)CNC(=O)C(C)(C)C. The van der Waals surface area contributed by atoms with Gasteiger partial charge >= 0.3 is 5.97 Å². The Hall–Kier alpha value is -1.59. The van der Waals surface area contributed by atoms with Crippen LogP contribution in [0.3, 0.4) is 0 Å². The van der Waals surface area contributed by atoms with E-state index in [0.29, 0.717) is 0 Å². The van der Waals surface area contributed by atoms with Crippen molar-refractivity contribution < 1.29 is 19.1 Å². The molecule has 1 atom stereocenters. The molecule has 110 valence electrons. The van der Waals surface area contributed by atoms with E-state index in [0.717, 1.165) is 0 Å². The smallest absolute Gasteiger partial charge is 0.310 e. The number of nitrogens with zero attached hydrogens (tertiary/aromatic N) is 1. The lowest BCUT2D eigenvalue weighted by Gasteiger charge is -2.22. The lowest BCUT2D eigenvalue weighted by atomic mass is 9.96. The zero-order chi connectivity index (χ0) is 15.2. The fraction of sp³-hybridized carbons (Fsp3) is 0.769. The number of rotatable bonds is 5. The van der Waals surface area contributed by atoms with Crippen LogP contribution in [0.15, 0.2) is 0 Å². The van der Waals surface area contributed by atoms with E-state index in [4.69, 9.17) is 0 Å². The van der Waals surface area contributed by atoms with Crippen LogP contribution < -0.4 is 5.32 Å². The molecule has 0 heterocycles. The lowest BCUT2D eigenvalue weighted by Crippen LogP contribution is -2.43. The van der Waals surface area contributed by atoms with Crippen LogP contribution in [0.4, 0.5) is 0 Å². The van der Waals surface area contributed by atoms with Crippen molar-refractivity contribution in [3.63, 3.8) is 0 Å². The Morgan fingerprint density at radius 3 is 2.21 bits per heavy atom. The normalized spacial score (nSPS) is 12.5. The van der Waals surface area contributed by atoms with E-state index in [9.17, 15) is 14.4 Å². The molecule has 0 bridgehead atoms. The van der Waals surface area contributed by atoms with E-state index >= 15 is 0 Å². The molecular formula is C13H24N2O4. The van der Waals surface area contributed by atoms with Gasteiger partial charge in [-0.3, -0.25) is 14.4 Å². The molecule has 0 aliphatic carbocycles. The fourth-order valence-corrected chi connectivity index (χ4v) is 1.34. The number of ether oxygens (including phenoxy) is 1. The molecule has 1 unspecified atom stereocenters. The van der Waals surface area contributed by atoms with Crippen LogP contribution in [0.25, 0.3) is 0 Å². The highest BCUT2D eigenvalue weighted by Crippen LogP contribution is 2.12. The molecule has 0 aliphatic rings. The largest absolute Gasteiger partial charge is 0.469 e. The first-order valence-corrected chi connectivity index (χ1v) is 6.19. The molecule has 0 aromatic rings. The first-order chi connectivity index (χ1) is 8.59. The third kappa shape index (κ3) is 6.22. The summed E-state index contributed by atoms with van der Waals surface area (Å²) >= 11 is 0. The molecule has 6 nitrogen and oxygen atoms in total. The van der Waals surface area contributed by atoms with Crippen LogP contribution in [0.2, 0.25) is 0 Å². The Morgan fingerprint density at radius 1 is 1.26 bits per heavy atom. The molecular weight excluding hydrogens is 248 g/mol. The number of carbonyl (C=O) groups excluding carboxylic acids is 3. The van der Waals surface area contributed by atoms with Crippen molar-refractivity contribution in [2.45, 2.75) is 27.7 Å². The van der Waals surface area contributed by atoms with E-state index < -0.39 is 11.3 Å². The van der Waals surface area contributed by atoms with Crippen molar-refractivity contribution in [1.82, 2.24) is 10.2 Å². The van der Waals surface area contributed by atoms with Gasteiger partial charge in [0.15, 0.2) is 0 Å². The van der Waals surface area contributed by atoms with Crippen molar-refractivity contribution in [3.8, 4) is 0 Å².